The van der Waals surface area contributed by atoms with Crippen molar-refractivity contribution in [1.82, 2.24) is 5.32 Å². The molecule has 0 radical (unpaired) electrons. The Morgan fingerprint density at radius 3 is 2.94 bits per heavy atom. The third kappa shape index (κ3) is 3.25. The van der Waals surface area contributed by atoms with Gasteiger partial charge in [0.2, 0.25) is 0 Å². The molecule has 90 valence electrons. The lowest BCUT2D eigenvalue weighted by Crippen LogP contribution is -2.25. The average molecular weight is 320 g/mol. The van der Waals surface area contributed by atoms with Crippen LogP contribution in [0.4, 0.5) is 0 Å². The number of nitrogens with one attached hydrogen (secondary N) is 1. The molecule has 0 aliphatic heterocycles. The average Bonchev–Trinajstić information content (AvgIpc) is 2.84. The first kappa shape index (κ1) is 12.9. The quantitative estimate of drug-likeness (QED) is 0.893. The summed E-state index contributed by atoms with van der Waals surface area (Å²) in [4.78, 5) is 2.82. The normalized spacial score (nSPS) is 25.2. The van der Waals surface area contributed by atoms with Gasteiger partial charge in [-0.05, 0) is 54.4 Å². The molecule has 16 heavy (non-hydrogen) atoms. The third-order valence-electron chi connectivity index (χ3n) is 3.19. The second kappa shape index (κ2) is 5.89. The van der Waals surface area contributed by atoms with Crippen molar-refractivity contribution >= 4 is 39.0 Å². The maximum absolute atomic E-state index is 3.68. The van der Waals surface area contributed by atoms with E-state index in [2.05, 4.69) is 40.5 Å². The highest BCUT2D eigenvalue weighted by atomic mass is 79.9. The van der Waals surface area contributed by atoms with Gasteiger partial charge in [-0.1, -0.05) is 0 Å². The van der Waals surface area contributed by atoms with Crippen molar-refractivity contribution in [2.24, 2.45) is 0 Å². The van der Waals surface area contributed by atoms with Crippen LogP contribution < -0.4 is 5.32 Å². The smallest absolute Gasteiger partial charge is 0.0314 e. The van der Waals surface area contributed by atoms with Crippen molar-refractivity contribution in [2.75, 3.05) is 6.26 Å². The van der Waals surface area contributed by atoms with Crippen molar-refractivity contribution in [1.29, 1.82) is 0 Å². The Bertz CT molecular complexity index is 331. The van der Waals surface area contributed by atoms with Crippen LogP contribution in [0.5, 0.6) is 0 Å². The molecule has 1 saturated carbocycles. The number of rotatable bonds is 4. The van der Waals surface area contributed by atoms with E-state index in [1.165, 1.54) is 33.5 Å². The number of thioether (sulfide) groups is 1. The van der Waals surface area contributed by atoms with Gasteiger partial charge in [0.15, 0.2) is 0 Å². The minimum absolute atomic E-state index is 0.735. The highest BCUT2D eigenvalue weighted by Crippen LogP contribution is 2.29. The van der Waals surface area contributed by atoms with Crippen LogP contribution in [-0.4, -0.2) is 17.5 Å². The molecule has 1 N–H and O–H groups in total. The molecule has 2 rings (SSSR count). The third-order valence-corrected chi connectivity index (χ3v) is 6.42. The van der Waals surface area contributed by atoms with Crippen LogP contribution in [0, 0.1) is 6.92 Å². The lowest BCUT2D eigenvalue weighted by molar-refractivity contribution is 0.528. The van der Waals surface area contributed by atoms with Crippen molar-refractivity contribution in [3.05, 3.63) is 20.3 Å². The zero-order chi connectivity index (χ0) is 11.5. The maximum atomic E-state index is 3.68. The molecule has 1 nitrogen and oxygen atoms in total. The molecule has 1 fully saturated rings. The molecule has 1 aromatic heterocycles. The van der Waals surface area contributed by atoms with Gasteiger partial charge in [-0.3, -0.25) is 0 Å². The lowest BCUT2D eigenvalue weighted by atomic mass is 10.2. The van der Waals surface area contributed by atoms with Crippen LogP contribution in [0.1, 0.15) is 29.0 Å². The van der Waals surface area contributed by atoms with Crippen molar-refractivity contribution in [3.63, 3.8) is 0 Å². The lowest BCUT2D eigenvalue weighted by Gasteiger charge is -2.11. The van der Waals surface area contributed by atoms with Gasteiger partial charge in [0, 0.05) is 32.1 Å². The van der Waals surface area contributed by atoms with Gasteiger partial charge in [0.05, 0.1) is 0 Å². The highest BCUT2D eigenvalue weighted by Gasteiger charge is 2.23. The van der Waals surface area contributed by atoms with Crippen LogP contribution in [0.2, 0.25) is 0 Å². The molecule has 1 aliphatic carbocycles. The van der Waals surface area contributed by atoms with Crippen molar-refractivity contribution in [3.8, 4) is 0 Å². The fourth-order valence-electron chi connectivity index (χ4n) is 2.19. The first-order valence-corrected chi connectivity index (χ1v) is 8.59. The molecule has 2 unspecified atom stereocenters. The second-order valence-corrected chi connectivity index (χ2v) is 7.70. The first-order valence-electron chi connectivity index (χ1n) is 5.70. The zero-order valence-electron chi connectivity index (χ0n) is 9.75. The number of hydrogen-bond donors (Lipinski definition) is 1. The van der Waals surface area contributed by atoms with Crippen molar-refractivity contribution < 1.29 is 0 Å². The number of hydrogen-bond acceptors (Lipinski definition) is 3. The Morgan fingerprint density at radius 1 is 1.56 bits per heavy atom. The van der Waals surface area contributed by atoms with E-state index < -0.39 is 0 Å². The van der Waals surface area contributed by atoms with Crippen LogP contribution in [-0.2, 0) is 6.54 Å². The second-order valence-electron chi connectivity index (χ2n) is 4.37. The van der Waals surface area contributed by atoms with Gasteiger partial charge >= 0.3 is 0 Å². The van der Waals surface area contributed by atoms with Crippen molar-refractivity contribution in [2.45, 2.75) is 44.0 Å². The van der Waals surface area contributed by atoms with Gasteiger partial charge in [0.1, 0.15) is 0 Å². The van der Waals surface area contributed by atoms with E-state index in [9.17, 15) is 0 Å². The Kier molecular flexibility index (Phi) is 4.76. The molecule has 2 atom stereocenters. The van der Waals surface area contributed by atoms with Gasteiger partial charge in [0.25, 0.3) is 0 Å². The molecule has 0 bridgehead atoms. The Morgan fingerprint density at radius 2 is 2.38 bits per heavy atom. The predicted octanol–water partition coefficient (Wildman–Crippen LogP) is 4.19. The van der Waals surface area contributed by atoms with E-state index in [0.29, 0.717) is 0 Å². The monoisotopic (exact) mass is 319 g/mol. The molecular weight excluding hydrogens is 302 g/mol. The summed E-state index contributed by atoms with van der Waals surface area (Å²) >= 11 is 7.48. The molecule has 0 saturated heterocycles. The SMILES string of the molecule is CSC1CCC(NCc2cc(Br)c(C)s2)C1. The minimum Gasteiger partial charge on any atom is -0.309 e. The molecule has 0 aromatic carbocycles. The molecule has 0 amide bonds. The molecule has 1 aromatic rings. The highest BCUT2D eigenvalue weighted by molar-refractivity contribution is 9.10. The Labute approximate surface area is 115 Å². The Hall–Kier alpha value is 0.490. The van der Waals surface area contributed by atoms with Gasteiger partial charge in [-0.2, -0.15) is 11.8 Å². The maximum Gasteiger partial charge on any atom is 0.0314 e. The van der Waals surface area contributed by atoms with E-state index in [1.807, 2.05) is 23.1 Å². The molecule has 4 heteroatoms. The van der Waals surface area contributed by atoms with Gasteiger partial charge in [-0.25, -0.2) is 0 Å². The minimum atomic E-state index is 0.735. The van der Waals surface area contributed by atoms with E-state index >= 15 is 0 Å². The van der Waals surface area contributed by atoms with Crippen LogP contribution in [0.15, 0.2) is 10.5 Å². The first-order chi connectivity index (χ1) is 7.69. The van der Waals surface area contributed by atoms with Gasteiger partial charge in [-0.15, -0.1) is 11.3 Å². The Balaban J connectivity index is 1.79. The molecule has 0 spiro atoms. The standard InChI is InChI=1S/C12H18BrNS2/c1-8-12(13)6-11(16-8)7-14-9-3-4-10(5-9)15-2/h6,9-10,14H,3-5,7H2,1-2H3. The summed E-state index contributed by atoms with van der Waals surface area (Å²) in [6, 6.07) is 2.98. The fraction of sp³-hybridized carbons (Fsp3) is 0.667. The van der Waals surface area contributed by atoms with E-state index in [-0.39, 0.29) is 0 Å². The largest absolute Gasteiger partial charge is 0.309 e. The molecule has 1 aliphatic rings. The topological polar surface area (TPSA) is 12.0 Å². The fourth-order valence-corrected chi connectivity index (χ4v) is 4.54. The summed E-state index contributed by atoms with van der Waals surface area (Å²) < 4.78 is 1.25. The van der Waals surface area contributed by atoms with Crippen LogP contribution >= 0.6 is 39.0 Å². The molecule has 1 heterocycles. The predicted molar refractivity (Wildman–Crippen MR) is 78.5 cm³/mol. The van der Waals surface area contributed by atoms with E-state index in [1.54, 1.807) is 0 Å². The van der Waals surface area contributed by atoms with Gasteiger partial charge < -0.3 is 5.32 Å². The summed E-state index contributed by atoms with van der Waals surface area (Å²) in [5.41, 5.74) is 0. The summed E-state index contributed by atoms with van der Waals surface area (Å²) in [7, 11) is 0. The summed E-state index contributed by atoms with van der Waals surface area (Å²) in [5.74, 6) is 0. The summed E-state index contributed by atoms with van der Waals surface area (Å²) in [6.45, 7) is 3.19. The summed E-state index contributed by atoms with van der Waals surface area (Å²) in [6.07, 6.45) is 6.29. The van der Waals surface area contributed by atoms with Crippen LogP contribution in [0.3, 0.4) is 0 Å². The number of thiophene rings is 1. The zero-order valence-corrected chi connectivity index (χ0v) is 13.0. The summed E-state index contributed by atoms with van der Waals surface area (Å²) in [5, 5.41) is 4.56. The number of halogens is 1. The van der Waals surface area contributed by atoms with E-state index in [0.717, 1.165) is 17.8 Å². The van der Waals surface area contributed by atoms with Crippen LogP contribution in [0.25, 0.3) is 0 Å². The number of aryl methyl sites for hydroxylation is 1. The molecular formula is C12H18BrNS2. The van der Waals surface area contributed by atoms with E-state index in [4.69, 9.17) is 0 Å².